The third kappa shape index (κ3) is 5.75. The van der Waals surface area contributed by atoms with Crippen LogP contribution in [0, 0.1) is 5.92 Å². The van der Waals surface area contributed by atoms with Crippen LogP contribution in [0.4, 0.5) is 11.5 Å². The van der Waals surface area contributed by atoms with E-state index in [1.165, 1.54) is 0 Å². The van der Waals surface area contributed by atoms with E-state index < -0.39 is 0 Å². The fraction of sp³-hybridized carbons (Fsp3) is 0.550. The molecule has 0 aliphatic carbocycles. The van der Waals surface area contributed by atoms with Gasteiger partial charge in [0.2, 0.25) is 17.7 Å². The van der Waals surface area contributed by atoms with Gasteiger partial charge in [-0.05, 0) is 31.4 Å². The standard InChI is InChI=1S/C20H28N6O3/c1-13(2)20-24-18(29-25-20)7-3-6-17(27)23-15-8-9-16(22-11-15)26-10-4-5-14(12-26)19(21)28/h8-9,11,13-14H,3-7,10,12H2,1-2H3,(H2,21,28)(H,23,27). The number of aromatic nitrogens is 3. The third-order valence-electron chi connectivity index (χ3n) is 4.97. The van der Waals surface area contributed by atoms with Gasteiger partial charge in [0.1, 0.15) is 5.82 Å². The number of anilines is 2. The molecule has 0 spiro atoms. The zero-order valence-electron chi connectivity index (χ0n) is 16.9. The first-order chi connectivity index (χ1) is 13.9. The largest absolute Gasteiger partial charge is 0.369 e. The Labute approximate surface area is 170 Å². The molecule has 1 unspecified atom stereocenters. The van der Waals surface area contributed by atoms with Crippen LogP contribution in [0.3, 0.4) is 0 Å². The van der Waals surface area contributed by atoms with E-state index in [0.717, 1.165) is 25.2 Å². The number of nitrogens with two attached hydrogens (primary N) is 1. The van der Waals surface area contributed by atoms with E-state index in [1.807, 2.05) is 26.0 Å². The molecular weight excluding hydrogens is 372 g/mol. The normalized spacial score (nSPS) is 16.8. The van der Waals surface area contributed by atoms with Gasteiger partial charge in [-0.25, -0.2) is 4.98 Å². The van der Waals surface area contributed by atoms with Crippen molar-refractivity contribution in [3.8, 4) is 0 Å². The number of pyridine rings is 1. The minimum Gasteiger partial charge on any atom is -0.369 e. The second-order valence-electron chi connectivity index (χ2n) is 7.70. The number of hydrogen-bond acceptors (Lipinski definition) is 7. The number of carbonyl (C=O) groups is 2. The number of piperidine rings is 1. The Bertz CT molecular complexity index is 833. The summed E-state index contributed by atoms with van der Waals surface area (Å²) in [5.41, 5.74) is 6.07. The zero-order valence-corrected chi connectivity index (χ0v) is 16.9. The molecule has 3 heterocycles. The molecule has 0 aromatic carbocycles. The number of carbonyl (C=O) groups excluding carboxylic acids is 2. The van der Waals surface area contributed by atoms with Crippen LogP contribution in [0.1, 0.15) is 57.2 Å². The molecule has 156 valence electrons. The second kappa shape index (κ2) is 9.49. The summed E-state index contributed by atoms with van der Waals surface area (Å²) in [6.45, 7) is 5.43. The maximum absolute atomic E-state index is 12.2. The van der Waals surface area contributed by atoms with Crippen molar-refractivity contribution in [2.24, 2.45) is 11.7 Å². The number of primary amides is 1. The first kappa shape index (κ1) is 20.8. The predicted octanol–water partition coefficient (Wildman–Crippen LogP) is 2.25. The lowest BCUT2D eigenvalue weighted by atomic mass is 9.97. The molecule has 2 aromatic heterocycles. The highest BCUT2D eigenvalue weighted by atomic mass is 16.5. The van der Waals surface area contributed by atoms with Gasteiger partial charge in [0, 0.05) is 31.8 Å². The molecule has 1 saturated heterocycles. The summed E-state index contributed by atoms with van der Waals surface area (Å²) in [7, 11) is 0. The molecule has 3 N–H and O–H groups in total. The van der Waals surface area contributed by atoms with Crippen LogP contribution in [0.5, 0.6) is 0 Å². The molecule has 3 rings (SSSR count). The number of hydrogen-bond donors (Lipinski definition) is 2. The predicted molar refractivity (Wildman–Crippen MR) is 108 cm³/mol. The first-order valence-electron chi connectivity index (χ1n) is 10.0. The lowest BCUT2D eigenvalue weighted by Gasteiger charge is -2.32. The van der Waals surface area contributed by atoms with Crippen LogP contribution in [0.15, 0.2) is 22.9 Å². The summed E-state index contributed by atoms with van der Waals surface area (Å²) in [6, 6.07) is 3.67. The van der Waals surface area contributed by atoms with Crippen molar-refractivity contribution in [1.29, 1.82) is 0 Å². The van der Waals surface area contributed by atoms with Crippen molar-refractivity contribution < 1.29 is 14.1 Å². The van der Waals surface area contributed by atoms with E-state index in [9.17, 15) is 9.59 Å². The lowest BCUT2D eigenvalue weighted by molar-refractivity contribution is -0.122. The molecule has 9 nitrogen and oxygen atoms in total. The Morgan fingerprint density at radius 3 is 2.86 bits per heavy atom. The van der Waals surface area contributed by atoms with E-state index in [0.29, 0.717) is 43.2 Å². The molecule has 0 saturated carbocycles. The molecule has 2 amide bonds. The fourth-order valence-electron chi connectivity index (χ4n) is 3.29. The average molecular weight is 400 g/mol. The zero-order chi connectivity index (χ0) is 20.8. The van der Waals surface area contributed by atoms with Crippen molar-refractivity contribution in [2.75, 3.05) is 23.3 Å². The highest BCUT2D eigenvalue weighted by molar-refractivity contribution is 5.90. The molecule has 29 heavy (non-hydrogen) atoms. The van der Waals surface area contributed by atoms with Crippen LogP contribution in [-0.2, 0) is 16.0 Å². The number of rotatable bonds is 8. The SMILES string of the molecule is CC(C)c1noc(CCCC(=O)Nc2ccc(N3CCCC(C(N)=O)C3)nc2)n1. The van der Waals surface area contributed by atoms with E-state index in [4.69, 9.17) is 10.3 Å². The van der Waals surface area contributed by atoms with Gasteiger partial charge in [0.15, 0.2) is 5.82 Å². The molecule has 1 fully saturated rings. The molecule has 0 bridgehead atoms. The van der Waals surface area contributed by atoms with Crippen LogP contribution in [0.2, 0.25) is 0 Å². The number of nitrogens with zero attached hydrogens (tertiary/aromatic N) is 4. The number of nitrogens with one attached hydrogen (secondary N) is 1. The Morgan fingerprint density at radius 1 is 1.38 bits per heavy atom. The number of aryl methyl sites for hydroxylation is 1. The van der Waals surface area contributed by atoms with Crippen LogP contribution in [0.25, 0.3) is 0 Å². The van der Waals surface area contributed by atoms with Gasteiger partial charge in [-0.1, -0.05) is 19.0 Å². The van der Waals surface area contributed by atoms with E-state index in [-0.39, 0.29) is 23.7 Å². The average Bonchev–Trinajstić information content (AvgIpc) is 3.18. The van der Waals surface area contributed by atoms with Crippen molar-refractivity contribution in [2.45, 2.75) is 51.9 Å². The maximum Gasteiger partial charge on any atom is 0.226 e. The Balaban J connectivity index is 1.45. The Morgan fingerprint density at radius 2 is 2.21 bits per heavy atom. The van der Waals surface area contributed by atoms with Gasteiger partial charge in [-0.2, -0.15) is 4.98 Å². The molecule has 0 radical (unpaired) electrons. The highest BCUT2D eigenvalue weighted by Gasteiger charge is 2.24. The molecule has 2 aromatic rings. The quantitative estimate of drug-likeness (QED) is 0.695. The van der Waals surface area contributed by atoms with Crippen molar-refractivity contribution in [3.05, 3.63) is 30.0 Å². The topological polar surface area (TPSA) is 127 Å². The van der Waals surface area contributed by atoms with Crippen LogP contribution < -0.4 is 16.0 Å². The van der Waals surface area contributed by atoms with E-state index in [1.54, 1.807) is 6.20 Å². The summed E-state index contributed by atoms with van der Waals surface area (Å²) in [6.07, 6.45) is 4.91. The van der Waals surface area contributed by atoms with Crippen LogP contribution in [-0.4, -0.2) is 40.0 Å². The molecular formula is C20H28N6O3. The first-order valence-corrected chi connectivity index (χ1v) is 10.0. The molecule has 1 atom stereocenters. The van der Waals surface area contributed by atoms with Gasteiger partial charge in [-0.3, -0.25) is 9.59 Å². The minimum atomic E-state index is -0.264. The fourth-order valence-corrected chi connectivity index (χ4v) is 3.29. The third-order valence-corrected chi connectivity index (χ3v) is 4.97. The van der Waals surface area contributed by atoms with E-state index >= 15 is 0 Å². The van der Waals surface area contributed by atoms with Gasteiger partial charge in [-0.15, -0.1) is 0 Å². The van der Waals surface area contributed by atoms with Gasteiger partial charge >= 0.3 is 0 Å². The Hall–Kier alpha value is -2.97. The van der Waals surface area contributed by atoms with E-state index in [2.05, 4.69) is 25.3 Å². The highest BCUT2D eigenvalue weighted by Crippen LogP contribution is 2.22. The molecule has 1 aliphatic rings. The van der Waals surface area contributed by atoms with Crippen molar-refractivity contribution in [3.63, 3.8) is 0 Å². The lowest BCUT2D eigenvalue weighted by Crippen LogP contribution is -2.41. The van der Waals surface area contributed by atoms with Gasteiger partial charge in [0.05, 0.1) is 17.8 Å². The summed E-state index contributed by atoms with van der Waals surface area (Å²) in [5, 5.41) is 6.77. The summed E-state index contributed by atoms with van der Waals surface area (Å²) in [4.78, 5) is 34.4. The smallest absolute Gasteiger partial charge is 0.226 e. The molecule has 9 heteroatoms. The Kier molecular flexibility index (Phi) is 6.79. The summed E-state index contributed by atoms with van der Waals surface area (Å²) in [5.74, 6) is 1.76. The molecule has 1 aliphatic heterocycles. The van der Waals surface area contributed by atoms with Crippen LogP contribution >= 0.6 is 0 Å². The monoisotopic (exact) mass is 400 g/mol. The van der Waals surface area contributed by atoms with Gasteiger partial charge < -0.3 is 20.5 Å². The minimum absolute atomic E-state index is 0.0880. The van der Waals surface area contributed by atoms with Crippen molar-refractivity contribution >= 4 is 23.3 Å². The number of amides is 2. The summed E-state index contributed by atoms with van der Waals surface area (Å²) >= 11 is 0. The van der Waals surface area contributed by atoms with Crippen molar-refractivity contribution in [1.82, 2.24) is 15.1 Å². The van der Waals surface area contributed by atoms with Gasteiger partial charge in [0.25, 0.3) is 0 Å². The second-order valence-corrected chi connectivity index (χ2v) is 7.70. The maximum atomic E-state index is 12.2. The summed E-state index contributed by atoms with van der Waals surface area (Å²) < 4.78 is 5.18.